The number of aliphatic hydroxyl groups excluding tert-OH is 1. The SMILES string of the molecule is COc1c(Cl)cc(C(F)(F)F)cc1CCO. The molecule has 0 atom stereocenters. The first-order valence-corrected chi connectivity index (χ1v) is 4.82. The van der Waals surface area contributed by atoms with Gasteiger partial charge in [-0.05, 0) is 24.1 Å². The highest BCUT2D eigenvalue weighted by Gasteiger charge is 2.32. The van der Waals surface area contributed by atoms with Gasteiger partial charge in [0.25, 0.3) is 0 Å². The van der Waals surface area contributed by atoms with Gasteiger partial charge in [-0.3, -0.25) is 0 Å². The summed E-state index contributed by atoms with van der Waals surface area (Å²) in [6.45, 7) is -0.270. The molecule has 0 bridgehead atoms. The summed E-state index contributed by atoms with van der Waals surface area (Å²) in [7, 11) is 1.31. The van der Waals surface area contributed by atoms with Crippen molar-refractivity contribution in [2.24, 2.45) is 0 Å². The Morgan fingerprint density at radius 2 is 2.00 bits per heavy atom. The Hall–Kier alpha value is -0.940. The van der Waals surface area contributed by atoms with E-state index in [-0.39, 0.29) is 29.4 Å². The van der Waals surface area contributed by atoms with Gasteiger partial charge in [0.1, 0.15) is 5.75 Å². The van der Waals surface area contributed by atoms with E-state index in [1.54, 1.807) is 0 Å². The van der Waals surface area contributed by atoms with Crippen LogP contribution in [0.3, 0.4) is 0 Å². The van der Waals surface area contributed by atoms with E-state index >= 15 is 0 Å². The summed E-state index contributed by atoms with van der Waals surface area (Å²) >= 11 is 5.67. The molecule has 16 heavy (non-hydrogen) atoms. The van der Waals surface area contributed by atoms with Crippen molar-refractivity contribution in [2.45, 2.75) is 12.6 Å². The molecule has 0 heterocycles. The van der Waals surface area contributed by atoms with Crippen LogP contribution in [0.1, 0.15) is 11.1 Å². The molecule has 1 rings (SSSR count). The van der Waals surface area contributed by atoms with Gasteiger partial charge in [-0.25, -0.2) is 0 Å². The molecule has 0 aromatic heterocycles. The lowest BCUT2D eigenvalue weighted by Gasteiger charge is -2.13. The number of hydrogen-bond donors (Lipinski definition) is 1. The number of hydrogen-bond acceptors (Lipinski definition) is 2. The van der Waals surface area contributed by atoms with Crippen LogP contribution in [0.15, 0.2) is 12.1 Å². The Kier molecular flexibility index (Phi) is 4.04. The van der Waals surface area contributed by atoms with Crippen LogP contribution in [0.25, 0.3) is 0 Å². The maximum Gasteiger partial charge on any atom is 0.416 e. The van der Waals surface area contributed by atoms with Crippen LogP contribution in [0.5, 0.6) is 5.75 Å². The topological polar surface area (TPSA) is 29.5 Å². The first-order valence-electron chi connectivity index (χ1n) is 4.44. The van der Waals surface area contributed by atoms with E-state index in [9.17, 15) is 13.2 Å². The predicted molar refractivity (Wildman–Crippen MR) is 53.8 cm³/mol. The van der Waals surface area contributed by atoms with Gasteiger partial charge in [-0.1, -0.05) is 11.6 Å². The van der Waals surface area contributed by atoms with E-state index in [1.807, 2.05) is 0 Å². The van der Waals surface area contributed by atoms with Crippen molar-refractivity contribution in [3.8, 4) is 5.75 Å². The van der Waals surface area contributed by atoms with Crippen LogP contribution in [-0.4, -0.2) is 18.8 Å². The third-order valence-corrected chi connectivity index (χ3v) is 2.31. The molecule has 90 valence electrons. The molecular weight excluding hydrogens is 245 g/mol. The number of aliphatic hydroxyl groups is 1. The highest BCUT2D eigenvalue weighted by Crippen LogP contribution is 2.37. The maximum atomic E-state index is 12.5. The minimum Gasteiger partial charge on any atom is -0.495 e. The maximum absolute atomic E-state index is 12.5. The molecular formula is C10H10ClF3O2. The molecule has 2 nitrogen and oxygen atoms in total. The fourth-order valence-electron chi connectivity index (χ4n) is 1.35. The molecule has 1 aromatic rings. The zero-order valence-corrected chi connectivity index (χ0v) is 9.19. The second-order valence-electron chi connectivity index (χ2n) is 3.12. The number of methoxy groups -OCH3 is 1. The van der Waals surface area contributed by atoms with Crippen molar-refractivity contribution in [1.82, 2.24) is 0 Å². The van der Waals surface area contributed by atoms with Crippen LogP contribution < -0.4 is 4.74 Å². The Morgan fingerprint density at radius 3 is 2.44 bits per heavy atom. The average Bonchev–Trinajstić information content (AvgIpc) is 2.16. The minimum atomic E-state index is -4.46. The molecule has 0 aliphatic carbocycles. The second-order valence-corrected chi connectivity index (χ2v) is 3.53. The molecule has 0 spiro atoms. The molecule has 0 amide bonds. The van der Waals surface area contributed by atoms with E-state index in [0.29, 0.717) is 0 Å². The summed E-state index contributed by atoms with van der Waals surface area (Å²) in [6, 6.07) is 1.74. The van der Waals surface area contributed by atoms with Crippen LogP contribution in [-0.2, 0) is 12.6 Å². The monoisotopic (exact) mass is 254 g/mol. The molecule has 0 radical (unpaired) electrons. The fraction of sp³-hybridized carbons (Fsp3) is 0.400. The number of alkyl halides is 3. The zero-order chi connectivity index (χ0) is 12.3. The molecule has 0 aliphatic rings. The van der Waals surface area contributed by atoms with Gasteiger partial charge in [-0.2, -0.15) is 13.2 Å². The number of benzene rings is 1. The summed E-state index contributed by atoms with van der Waals surface area (Å²) in [5.74, 6) is 0.170. The van der Waals surface area contributed by atoms with Gasteiger partial charge in [0.2, 0.25) is 0 Å². The standard InChI is InChI=1S/C10H10ClF3O2/c1-16-9-6(2-3-15)4-7(5-8(9)11)10(12,13)14/h4-5,15H,2-3H2,1H3. The Bertz CT molecular complexity index is 377. The summed E-state index contributed by atoms with van der Waals surface area (Å²) in [5, 5.41) is 8.63. The summed E-state index contributed by atoms with van der Waals surface area (Å²) in [6.07, 6.45) is -4.40. The quantitative estimate of drug-likeness (QED) is 0.899. The first-order chi connectivity index (χ1) is 7.40. The predicted octanol–water partition coefficient (Wildman–Crippen LogP) is 2.90. The van der Waals surface area contributed by atoms with Gasteiger partial charge in [0, 0.05) is 6.61 Å². The molecule has 0 unspecified atom stereocenters. The minimum absolute atomic E-state index is 0.0623. The van der Waals surface area contributed by atoms with E-state index in [1.165, 1.54) is 7.11 Å². The average molecular weight is 255 g/mol. The highest BCUT2D eigenvalue weighted by atomic mass is 35.5. The third kappa shape index (κ3) is 2.80. The number of rotatable bonds is 3. The number of ether oxygens (including phenoxy) is 1. The molecule has 0 saturated heterocycles. The lowest BCUT2D eigenvalue weighted by atomic mass is 10.1. The van der Waals surface area contributed by atoms with Crippen molar-refractivity contribution in [3.05, 3.63) is 28.3 Å². The largest absolute Gasteiger partial charge is 0.495 e. The van der Waals surface area contributed by atoms with Gasteiger partial charge in [0.05, 0.1) is 17.7 Å². The molecule has 1 aromatic carbocycles. The molecule has 0 aliphatic heterocycles. The van der Waals surface area contributed by atoms with Crippen LogP contribution >= 0.6 is 11.6 Å². The van der Waals surface area contributed by atoms with Crippen LogP contribution in [0.4, 0.5) is 13.2 Å². The van der Waals surface area contributed by atoms with E-state index in [4.69, 9.17) is 21.4 Å². The Labute approximate surface area is 95.6 Å². The fourth-order valence-corrected chi connectivity index (χ4v) is 1.66. The van der Waals surface area contributed by atoms with Crippen LogP contribution in [0.2, 0.25) is 5.02 Å². The third-order valence-electron chi connectivity index (χ3n) is 2.03. The second kappa shape index (κ2) is 4.93. The first kappa shape index (κ1) is 13.1. The number of halogens is 4. The van der Waals surface area contributed by atoms with Crippen LogP contribution in [0, 0.1) is 0 Å². The Morgan fingerprint density at radius 1 is 1.38 bits per heavy atom. The summed E-state index contributed by atoms with van der Waals surface area (Å²) < 4.78 is 42.3. The van der Waals surface area contributed by atoms with Gasteiger partial charge in [0.15, 0.2) is 0 Å². The van der Waals surface area contributed by atoms with E-state index < -0.39 is 11.7 Å². The summed E-state index contributed by atoms with van der Waals surface area (Å²) in [5.41, 5.74) is -0.605. The van der Waals surface area contributed by atoms with Crippen molar-refractivity contribution in [2.75, 3.05) is 13.7 Å². The lowest BCUT2D eigenvalue weighted by Crippen LogP contribution is -2.07. The summed E-state index contributed by atoms with van der Waals surface area (Å²) in [4.78, 5) is 0. The molecule has 6 heteroatoms. The zero-order valence-electron chi connectivity index (χ0n) is 8.44. The van der Waals surface area contributed by atoms with Gasteiger partial charge >= 0.3 is 6.18 Å². The highest BCUT2D eigenvalue weighted by molar-refractivity contribution is 6.32. The molecule has 1 N–H and O–H groups in total. The lowest BCUT2D eigenvalue weighted by molar-refractivity contribution is -0.137. The Balaban J connectivity index is 3.28. The van der Waals surface area contributed by atoms with Crippen molar-refractivity contribution < 1.29 is 23.0 Å². The van der Waals surface area contributed by atoms with E-state index in [0.717, 1.165) is 12.1 Å². The smallest absolute Gasteiger partial charge is 0.416 e. The van der Waals surface area contributed by atoms with Gasteiger partial charge in [-0.15, -0.1) is 0 Å². The van der Waals surface area contributed by atoms with E-state index in [2.05, 4.69) is 0 Å². The molecule has 0 fully saturated rings. The van der Waals surface area contributed by atoms with Crippen molar-refractivity contribution in [3.63, 3.8) is 0 Å². The van der Waals surface area contributed by atoms with Crippen molar-refractivity contribution >= 4 is 11.6 Å². The molecule has 0 saturated carbocycles. The normalized spacial score (nSPS) is 11.6. The van der Waals surface area contributed by atoms with Crippen molar-refractivity contribution in [1.29, 1.82) is 0 Å². The van der Waals surface area contributed by atoms with Gasteiger partial charge < -0.3 is 9.84 Å².